The molecule has 0 spiro atoms. The molecule has 4 nitrogen and oxygen atoms in total. The third-order valence-corrected chi connectivity index (χ3v) is 4.61. The van der Waals surface area contributed by atoms with Crippen molar-refractivity contribution in [3.63, 3.8) is 0 Å². The molecule has 0 amide bonds. The Hall–Kier alpha value is -0.590. The van der Waals surface area contributed by atoms with Crippen LogP contribution in [0, 0.1) is 3.57 Å². The first-order valence-corrected chi connectivity index (χ1v) is 8.39. The third-order valence-electron chi connectivity index (χ3n) is 3.48. The van der Waals surface area contributed by atoms with E-state index in [9.17, 15) is 0 Å². The standard InChI is InChI=1S/C14H23IN4/c1-3-11-12(15)13(16-4-2)18-14(17-11)19-9-7-5-6-8-10-19/h3-10H2,1-2H3,(H,16,17,18). The van der Waals surface area contributed by atoms with Crippen LogP contribution in [0.25, 0.3) is 0 Å². The molecule has 1 aromatic heterocycles. The second kappa shape index (κ2) is 7.26. The lowest BCUT2D eigenvalue weighted by Gasteiger charge is -2.22. The first kappa shape index (κ1) is 14.8. The van der Waals surface area contributed by atoms with E-state index < -0.39 is 0 Å². The van der Waals surface area contributed by atoms with Crippen LogP contribution in [0.4, 0.5) is 11.8 Å². The third kappa shape index (κ3) is 3.70. The largest absolute Gasteiger partial charge is 0.369 e. The molecular formula is C14H23IN4. The van der Waals surface area contributed by atoms with Gasteiger partial charge in [-0.1, -0.05) is 19.8 Å². The summed E-state index contributed by atoms with van der Waals surface area (Å²) in [4.78, 5) is 11.8. The van der Waals surface area contributed by atoms with E-state index in [-0.39, 0.29) is 0 Å². The predicted molar refractivity (Wildman–Crippen MR) is 89.0 cm³/mol. The van der Waals surface area contributed by atoms with E-state index >= 15 is 0 Å². The smallest absolute Gasteiger partial charge is 0.227 e. The fraction of sp³-hybridized carbons (Fsp3) is 0.714. The van der Waals surface area contributed by atoms with Crippen molar-refractivity contribution in [1.82, 2.24) is 9.97 Å². The van der Waals surface area contributed by atoms with Crippen LogP contribution in [0.1, 0.15) is 45.2 Å². The quantitative estimate of drug-likeness (QED) is 0.820. The molecule has 1 aliphatic heterocycles. The molecule has 19 heavy (non-hydrogen) atoms. The van der Waals surface area contributed by atoms with Crippen LogP contribution >= 0.6 is 22.6 Å². The van der Waals surface area contributed by atoms with Gasteiger partial charge >= 0.3 is 0 Å². The van der Waals surface area contributed by atoms with Crippen LogP contribution in [0.3, 0.4) is 0 Å². The fourth-order valence-corrected chi connectivity index (χ4v) is 3.22. The van der Waals surface area contributed by atoms with Crippen LogP contribution in [0.5, 0.6) is 0 Å². The van der Waals surface area contributed by atoms with E-state index in [0.29, 0.717) is 0 Å². The Bertz CT molecular complexity index is 414. The van der Waals surface area contributed by atoms with Crippen molar-refractivity contribution in [3.8, 4) is 0 Å². The molecule has 0 aromatic carbocycles. The van der Waals surface area contributed by atoms with Crippen LogP contribution in [0.15, 0.2) is 0 Å². The van der Waals surface area contributed by atoms with Crippen molar-refractivity contribution < 1.29 is 0 Å². The number of aryl methyl sites for hydroxylation is 1. The molecule has 5 heteroatoms. The number of aromatic nitrogens is 2. The number of rotatable bonds is 4. The SMILES string of the molecule is CCNc1nc(N2CCCCCC2)nc(CC)c1I. The van der Waals surface area contributed by atoms with Crippen molar-refractivity contribution in [2.24, 2.45) is 0 Å². The number of nitrogens with one attached hydrogen (secondary N) is 1. The molecule has 106 valence electrons. The van der Waals surface area contributed by atoms with Crippen molar-refractivity contribution in [2.45, 2.75) is 46.0 Å². The number of halogens is 1. The van der Waals surface area contributed by atoms with Gasteiger partial charge in [-0.2, -0.15) is 4.98 Å². The summed E-state index contributed by atoms with van der Waals surface area (Å²) in [7, 11) is 0. The highest BCUT2D eigenvalue weighted by molar-refractivity contribution is 14.1. The Morgan fingerprint density at radius 1 is 1.11 bits per heavy atom. The van der Waals surface area contributed by atoms with Crippen molar-refractivity contribution in [3.05, 3.63) is 9.26 Å². The van der Waals surface area contributed by atoms with E-state index in [1.807, 2.05) is 0 Å². The second-order valence-electron chi connectivity index (χ2n) is 4.92. The van der Waals surface area contributed by atoms with E-state index in [1.54, 1.807) is 0 Å². The highest BCUT2D eigenvalue weighted by Crippen LogP contribution is 2.24. The molecule has 2 heterocycles. The van der Waals surface area contributed by atoms with E-state index in [0.717, 1.165) is 43.5 Å². The molecule has 0 radical (unpaired) electrons. The molecule has 1 saturated heterocycles. The zero-order valence-electron chi connectivity index (χ0n) is 11.9. The lowest BCUT2D eigenvalue weighted by Crippen LogP contribution is -2.27. The molecule has 2 rings (SSSR count). The Balaban J connectivity index is 2.30. The van der Waals surface area contributed by atoms with Gasteiger partial charge in [-0.15, -0.1) is 0 Å². The molecule has 0 bridgehead atoms. The molecule has 0 saturated carbocycles. The zero-order chi connectivity index (χ0) is 13.7. The average molecular weight is 374 g/mol. The van der Waals surface area contributed by atoms with E-state index in [4.69, 9.17) is 9.97 Å². The number of nitrogens with zero attached hydrogens (tertiary/aromatic N) is 3. The van der Waals surface area contributed by atoms with Gasteiger partial charge in [-0.05, 0) is 48.8 Å². The molecule has 1 fully saturated rings. The van der Waals surface area contributed by atoms with Gasteiger partial charge < -0.3 is 10.2 Å². The lowest BCUT2D eigenvalue weighted by atomic mass is 10.2. The van der Waals surface area contributed by atoms with Crippen LogP contribution in [-0.2, 0) is 6.42 Å². The molecule has 0 aliphatic carbocycles. The molecule has 1 aliphatic rings. The highest BCUT2D eigenvalue weighted by atomic mass is 127. The summed E-state index contributed by atoms with van der Waals surface area (Å²) >= 11 is 2.35. The molecule has 1 N–H and O–H groups in total. The minimum atomic E-state index is 0.898. The average Bonchev–Trinajstić information content (AvgIpc) is 2.70. The number of hydrogen-bond acceptors (Lipinski definition) is 4. The fourth-order valence-electron chi connectivity index (χ4n) is 2.41. The maximum Gasteiger partial charge on any atom is 0.227 e. The van der Waals surface area contributed by atoms with Gasteiger partial charge in [0.2, 0.25) is 5.95 Å². The van der Waals surface area contributed by atoms with Crippen LogP contribution in [-0.4, -0.2) is 29.6 Å². The first-order chi connectivity index (χ1) is 9.26. The van der Waals surface area contributed by atoms with Gasteiger partial charge in [0.1, 0.15) is 5.82 Å². The van der Waals surface area contributed by atoms with E-state index in [1.165, 1.54) is 29.3 Å². The van der Waals surface area contributed by atoms with Gasteiger partial charge in [0, 0.05) is 19.6 Å². The number of anilines is 2. The molecule has 1 aromatic rings. The Morgan fingerprint density at radius 3 is 2.37 bits per heavy atom. The summed E-state index contributed by atoms with van der Waals surface area (Å²) in [6, 6.07) is 0. The number of hydrogen-bond donors (Lipinski definition) is 1. The lowest BCUT2D eigenvalue weighted by molar-refractivity contribution is 0.726. The van der Waals surface area contributed by atoms with Crippen molar-refractivity contribution in [1.29, 1.82) is 0 Å². The van der Waals surface area contributed by atoms with Gasteiger partial charge in [-0.3, -0.25) is 0 Å². The first-order valence-electron chi connectivity index (χ1n) is 7.31. The maximum atomic E-state index is 4.77. The van der Waals surface area contributed by atoms with Gasteiger partial charge in [0.15, 0.2) is 0 Å². The summed E-state index contributed by atoms with van der Waals surface area (Å²) in [5.41, 5.74) is 1.16. The Kier molecular flexibility index (Phi) is 5.66. The normalized spacial score (nSPS) is 16.3. The monoisotopic (exact) mass is 374 g/mol. The van der Waals surface area contributed by atoms with Gasteiger partial charge in [0.05, 0.1) is 9.26 Å². The summed E-state index contributed by atoms with van der Waals surface area (Å²) < 4.78 is 1.17. The zero-order valence-corrected chi connectivity index (χ0v) is 14.0. The minimum absolute atomic E-state index is 0.898. The van der Waals surface area contributed by atoms with Crippen molar-refractivity contribution in [2.75, 3.05) is 29.9 Å². The summed E-state index contributed by atoms with van der Waals surface area (Å²) in [5, 5.41) is 3.36. The highest BCUT2D eigenvalue weighted by Gasteiger charge is 2.16. The van der Waals surface area contributed by atoms with Gasteiger partial charge in [-0.25, -0.2) is 4.98 Å². The van der Waals surface area contributed by atoms with E-state index in [2.05, 4.69) is 46.7 Å². The minimum Gasteiger partial charge on any atom is -0.369 e. The predicted octanol–water partition coefficient (Wildman–Crippen LogP) is 3.46. The Morgan fingerprint density at radius 2 is 1.79 bits per heavy atom. The summed E-state index contributed by atoms with van der Waals surface area (Å²) in [5.74, 6) is 1.91. The van der Waals surface area contributed by atoms with Crippen molar-refractivity contribution >= 4 is 34.4 Å². The van der Waals surface area contributed by atoms with Gasteiger partial charge in [0.25, 0.3) is 0 Å². The Labute approximate surface area is 129 Å². The maximum absolute atomic E-state index is 4.77. The topological polar surface area (TPSA) is 41.1 Å². The molecule has 0 atom stereocenters. The molecule has 0 unspecified atom stereocenters. The van der Waals surface area contributed by atoms with Crippen LogP contribution < -0.4 is 10.2 Å². The summed E-state index contributed by atoms with van der Waals surface area (Å²) in [6.45, 7) is 7.35. The second-order valence-corrected chi connectivity index (χ2v) is 6.00. The molecular weight excluding hydrogens is 351 g/mol. The van der Waals surface area contributed by atoms with Crippen LogP contribution in [0.2, 0.25) is 0 Å². The summed E-state index contributed by atoms with van der Waals surface area (Å²) in [6.07, 6.45) is 6.14.